The molecule has 2 heterocycles. The van der Waals surface area contributed by atoms with E-state index in [1.807, 2.05) is 0 Å². The molecule has 3 rings (SSSR count). The highest BCUT2D eigenvalue weighted by Gasteiger charge is 2.22. The number of amides is 1. The molecule has 22 heavy (non-hydrogen) atoms. The van der Waals surface area contributed by atoms with Gasteiger partial charge in [0, 0.05) is 18.1 Å². The summed E-state index contributed by atoms with van der Waals surface area (Å²) in [5.41, 5.74) is 3.21. The molecule has 0 radical (unpaired) electrons. The van der Waals surface area contributed by atoms with Crippen molar-refractivity contribution in [2.45, 2.75) is 6.92 Å². The van der Waals surface area contributed by atoms with Gasteiger partial charge in [-0.1, -0.05) is 0 Å². The first-order valence-electron chi connectivity index (χ1n) is 5.95. The van der Waals surface area contributed by atoms with E-state index >= 15 is 0 Å². The molecule has 112 valence electrons. The van der Waals surface area contributed by atoms with Crippen molar-refractivity contribution < 1.29 is 23.9 Å². The Labute approximate surface area is 121 Å². The zero-order chi connectivity index (χ0) is 15.7. The molecule has 0 unspecified atom stereocenters. The number of carbonyl (C=O) groups excluding carboxylic acids is 1. The normalized spacial score (nSPS) is 11.3. The summed E-state index contributed by atoms with van der Waals surface area (Å²) in [7, 11) is 0. The summed E-state index contributed by atoms with van der Waals surface area (Å²) in [6.45, 7) is 1.38. The van der Waals surface area contributed by atoms with Gasteiger partial charge < -0.3 is 10.4 Å². The van der Waals surface area contributed by atoms with E-state index in [1.54, 1.807) is 12.1 Å². The number of nitrogens with one attached hydrogen (secondary N) is 1. The highest BCUT2D eigenvalue weighted by atomic mass is 16.8. The molecule has 0 aliphatic heterocycles. The van der Waals surface area contributed by atoms with Gasteiger partial charge in [-0.2, -0.15) is 5.10 Å². The van der Waals surface area contributed by atoms with Crippen LogP contribution < -0.4 is 15.2 Å². The molecule has 0 bridgehead atoms. The molecule has 0 saturated heterocycles. The van der Waals surface area contributed by atoms with Crippen LogP contribution >= 0.6 is 0 Å². The maximum Gasteiger partial charge on any atom is 0.322 e. The number of benzene rings is 1. The zero-order valence-corrected chi connectivity index (χ0v) is 11.1. The van der Waals surface area contributed by atoms with Gasteiger partial charge in [0.05, 0.1) is 11.4 Å². The Kier molecular flexibility index (Phi) is 3.14. The van der Waals surface area contributed by atoms with Crippen molar-refractivity contribution in [3.05, 3.63) is 45.6 Å². The average Bonchev–Trinajstić information content (AvgIpc) is 3.03. The van der Waals surface area contributed by atoms with Crippen LogP contribution in [0, 0.1) is 17.3 Å². The van der Waals surface area contributed by atoms with Crippen molar-refractivity contribution in [3.8, 4) is 0 Å². The Balaban J connectivity index is 1.74. The molecule has 0 spiro atoms. The molecular weight excluding hydrogens is 296 g/mol. The first-order chi connectivity index (χ1) is 10.6. The maximum absolute atomic E-state index is 11.7. The fourth-order valence-corrected chi connectivity index (χ4v) is 1.69. The number of nitrogens with zero attached hydrogens (tertiary/aromatic N) is 5. The van der Waals surface area contributed by atoms with Gasteiger partial charge in [-0.05, 0) is 27.5 Å². The van der Waals surface area contributed by atoms with Gasteiger partial charge in [-0.25, -0.2) is 5.43 Å². The number of aromatic nitrogens is 4. The van der Waals surface area contributed by atoms with Crippen LogP contribution in [0.3, 0.4) is 0 Å². The predicted octanol–water partition coefficient (Wildman–Crippen LogP) is -0.845. The van der Waals surface area contributed by atoms with Crippen LogP contribution in [0.5, 0.6) is 0 Å². The molecule has 11 heteroatoms. The minimum absolute atomic E-state index is 0.0194. The summed E-state index contributed by atoms with van der Waals surface area (Å²) in [6, 6.07) is 4.69. The van der Waals surface area contributed by atoms with Crippen molar-refractivity contribution >= 4 is 23.2 Å². The molecule has 0 fully saturated rings. The molecular formula is C11H8N6O5. The number of hydrazone groups is 1. The topological polar surface area (TPSA) is 147 Å². The largest absolute Gasteiger partial charge is 0.359 e. The molecule has 0 aliphatic rings. The second-order valence-electron chi connectivity index (χ2n) is 4.24. The van der Waals surface area contributed by atoms with Crippen LogP contribution in [-0.4, -0.2) is 22.4 Å². The van der Waals surface area contributed by atoms with E-state index in [9.17, 15) is 15.2 Å². The molecule has 11 nitrogen and oxygen atoms in total. The van der Waals surface area contributed by atoms with Crippen molar-refractivity contribution in [2.75, 3.05) is 0 Å². The van der Waals surface area contributed by atoms with Crippen molar-refractivity contribution in [3.63, 3.8) is 0 Å². The van der Waals surface area contributed by atoms with Gasteiger partial charge in [0.1, 0.15) is 0 Å². The van der Waals surface area contributed by atoms with E-state index in [0.29, 0.717) is 11.1 Å². The van der Waals surface area contributed by atoms with Crippen LogP contribution in [0.1, 0.15) is 21.7 Å². The van der Waals surface area contributed by atoms with Gasteiger partial charge in [-0.3, -0.25) is 14.1 Å². The van der Waals surface area contributed by atoms with E-state index in [2.05, 4.69) is 30.1 Å². The van der Waals surface area contributed by atoms with Crippen LogP contribution in [0.4, 0.5) is 0 Å². The number of carbonyl (C=O) groups is 1. The van der Waals surface area contributed by atoms with E-state index in [4.69, 9.17) is 0 Å². The molecule has 2 aromatic heterocycles. The van der Waals surface area contributed by atoms with Gasteiger partial charge in [-0.15, -0.1) is 0 Å². The fourth-order valence-electron chi connectivity index (χ4n) is 1.69. The lowest BCUT2D eigenvalue weighted by Gasteiger charge is -1.94. The van der Waals surface area contributed by atoms with Crippen molar-refractivity contribution in [1.82, 2.24) is 15.7 Å². The summed E-state index contributed by atoms with van der Waals surface area (Å²) in [5, 5.41) is 32.8. The summed E-state index contributed by atoms with van der Waals surface area (Å²) in [6.07, 6.45) is 1.31. The van der Waals surface area contributed by atoms with E-state index < -0.39 is 5.91 Å². The van der Waals surface area contributed by atoms with E-state index in [1.165, 1.54) is 19.2 Å². The van der Waals surface area contributed by atoms with Crippen molar-refractivity contribution in [1.29, 1.82) is 0 Å². The van der Waals surface area contributed by atoms with Crippen LogP contribution in [0.2, 0.25) is 0 Å². The maximum atomic E-state index is 11.7. The lowest BCUT2D eigenvalue weighted by Crippen LogP contribution is -2.28. The number of hydrogen-bond donors (Lipinski definition) is 1. The molecule has 3 aromatic rings. The van der Waals surface area contributed by atoms with Gasteiger partial charge >= 0.3 is 11.6 Å². The van der Waals surface area contributed by atoms with Crippen LogP contribution in [0.15, 0.2) is 32.6 Å². The minimum atomic E-state index is -0.697. The lowest BCUT2D eigenvalue weighted by molar-refractivity contribution is -0.806. The number of rotatable bonds is 3. The second kappa shape index (κ2) is 5.12. The van der Waals surface area contributed by atoms with Gasteiger partial charge in [0.25, 0.3) is 0 Å². The monoisotopic (exact) mass is 304 g/mol. The summed E-state index contributed by atoms with van der Waals surface area (Å²) >= 11 is 0. The Morgan fingerprint density at radius 2 is 2.09 bits per heavy atom. The third-order valence-electron chi connectivity index (χ3n) is 2.83. The Bertz CT molecular complexity index is 882. The molecule has 1 N–H and O–H groups in total. The molecule has 0 saturated carbocycles. The number of hydrogen-bond acceptors (Lipinski definition) is 8. The summed E-state index contributed by atoms with van der Waals surface area (Å²) < 4.78 is 8.71. The van der Waals surface area contributed by atoms with E-state index in [0.717, 1.165) is 0 Å². The fraction of sp³-hybridized carbons (Fsp3) is 0.0909. The standard InChI is InChI=1S/C11H8N6O5/c1-6-10(15-22-16(6)19)11(18)13-12-5-7-2-3-8-9(4-7)17(20)21-14-8/h2-5H,1H3,(H,13,18)/b12-5+. The summed E-state index contributed by atoms with van der Waals surface area (Å²) in [5.74, 6) is -0.697. The Morgan fingerprint density at radius 3 is 2.82 bits per heavy atom. The Morgan fingerprint density at radius 1 is 1.32 bits per heavy atom. The van der Waals surface area contributed by atoms with Crippen LogP contribution in [-0.2, 0) is 0 Å². The van der Waals surface area contributed by atoms with E-state index in [-0.39, 0.29) is 26.7 Å². The Hall–Kier alpha value is -3.50. The molecule has 0 aliphatic carbocycles. The average molecular weight is 304 g/mol. The first kappa shape index (κ1) is 13.5. The molecule has 0 atom stereocenters. The van der Waals surface area contributed by atoms with Gasteiger partial charge in [0.2, 0.25) is 16.7 Å². The minimum Gasteiger partial charge on any atom is -0.359 e. The zero-order valence-electron chi connectivity index (χ0n) is 11.1. The predicted molar refractivity (Wildman–Crippen MR) is 68.2 cm³/mol. The lowest BCUT2D eigenvalue weighted by atomic mass is 10.2. The first-order valence-corrected chi connectivity index (χ1v) is 5.95. The quantitative estimate of drug-likeness (QED) is 0.376. The smallest absolute Gasteiger partial charge is 0.322 e. The molecule has 1 amide bonds. The number of fused-ring (bicyclic) bond motifs is 1. The highest BCUT2D eigenvalue weighted by Crippen LogP contribution is 2.08. The third-order valence-corrected chi connectivity index (χ3v) is 2.83. The van der Waals surface area contributed by atoms with Crippen LogP contribution in [0.25, 0.3) is 11.0 Å². The van der Waals surface area contributed by atoms with Gasteiger partial charge in [0.15, 0.2) is 0 Å². The SMILES string of the molecule is Cc1c(C(=O)N/N=C/c2ccc3no[n+]([O-])c3c2)no[n+]1[O-]. The second-order valence-corrected chi connectivity index (χ2v) is 4.24. The van der Waals surface area contributed by atoms with Crippen molar-refractivity contribution in [2.24, 2.45) is 5.10 Å². The summed E-state index contributed by atoms with van der Waals surface area (Å²) in [4.78, 5) is 12.1. The third kappa shape index (κ3) is 2.30. The highest BCUT2D eigenvalue weighted by molar-refractivity contribution is 5.93. The molecule has 1 aromatic carbocycles.